The Morgan fingerprint density at radius 3 is 3.00 bits per heavy atom. The van der Waals surface area contributed by atoms with Gasteiger partial charge in [0.05, 0.1) is 12.2 Å². The molecule has 4 nitrogen and oxygen atoms in total. The van der Waals surface area contributed by atoms with Crippen LogP contribution in [-0.4, -0.2) is 17.0 Å². The van der Waals surface area contributed by atoms with Crippen molar-refractivity contribution in [3.63, 3.8) is 0 Å². The van der Waals surface area contributed by atoms with Crippen molar-refractivity contribution >= 4 is 17.3 Å². The van der Waals surface area contributed by atoms with Crippen molar-refractivity contribution in [3.8, 4) is 0 Å². The predicted molar refractivity (Wildman–Crippen MR) is 67.7 cm³/mol. The quantitative estimate of drug-likeness (QED) is 0.621. The molecule has 1 aromatic heterocycles. The second kappa shape index (κ2) is 4.82. The van der Waals surface area contributed by atoms with Crippen LogP contribution in [0.25, 0.3) is 0 Å². The zero-order valence-corrected chi connectivity index (χ0v) is 10.5. The van der Waals surface area contributed by atoms with E-state index in [1.807, 2.05) is 0 Å². The van der Waals surface area contributed by atoms with Gasteiger partial charge < -0.3 is 11.1 Å². The standard InChI is InChI=1S/C11H18N4S/c1-7(2)9-6-16-10(15-9)5-13-11(12)14-8-3-4-8/h6-8H,3-5H2,1-2H3,(H3,12,13,14). The molecule has 0 aliphatic heterocycles. The lowest BCUT2D eigenvalue weighted by Crippen LogP contribution is -2.33. The molecule has 1 aromatic rings. The molecule has 5 heteroatoms. The van der Waals surface area contributed by atoms with Crippen LogP contribution in [0.3, 0.4) is 0 Å². The molecule has 1 aliphatic carbocycles. The number of nitrogens with zero attached hydrogens (tertiary/aromatic N) is 2. The van der Waals surface area contributed by atoms with Crippen molar-refractivity contribution in [2.75, 3.05) is 0 Å². The van der Waals surface area contributed by atoms with Crippen LogP contribution in [0.4, 0.5) is 0 Å². The van der Waals surface area contributed by atoms with Crippen LogP contribution >= 0.6 is 11.3 Å². The summed E-state index contributed by atoms with van der Waals surface area (Å²) in [6.45, 7) is 4.87. The molecule has 1 aliphatic rings. The zero-order valence-electron chi connectivity index (χ0n) is 9.73. The molecule has 0 unspecified atom stereocenters. The van der Waals surface area contributed by atoms with Gasteiger partial charge in [0.25, 0.3) is 0 Å². The van der Waals surface area contributed by atoms with Crippen LogP contribution in [0, 0.1) is 0 Å². The van der Waals surface area contributed by atoms with Crippen molar-refractivity contribution in [2.24, 2.45) is 10.7 Å². The number of thiazole rings is 1. The van der Waals surface area contributed by atoms with Crippen LogP contribution in [0.5, 0.6) is 0 Å². The van der Waals surface area contributed by atoms with E-state index in [1.54, 1.807) is 11.3 Å². The Morgan fingerprint density at radius 1 is 1.69 bits per heavy atom. The fraction of sp³-hybridized carbons (Fsp3) is 0.636. The van der Waals surface area contributed by atoms with E-state index in [9.17, 15) is 0 Å². The fourth-order valence-electron chi connectivity index (χ4n) is 1.30. The molecular formula is C11H18N4S. The van der Waals surface area contributed by atoms with Gasteiger partial charge in [-0.25, -0.2) is 9.98 Å². The number of nitrogens with one attached hydrogen (secondary N) is 1. The highest BCUT2D eigenvalue weighted by Gasteiger charge is 2.21. The summed E-state index contributed by atoms with van der Waals surface area (Å²) in [6, 6.07) is 0.561. The van der Waals surface area contributed by atoms with Crippen molar-refractivity contribution in [1.29, 1.82) is 0 Å². The highest BCUT2D eigenvalue weighted by Crippen LogP contribution is 2.19. The summed E-state index contributed by atoms with van der Waals surface area (Å²) >= 11 is 1.65. The summed E-state index contributed by atoms with van der Waals surface area (Å²) in [7, 11) is 0. The van der Waals surface area contributed by atoms with Crippen LogP contribution in [0.2, 0.25) is 0 Å². The van der Waals surface area contributed by atoms with Crippen molar-refractivity contribution < 1.29 is 0 Å². The number of nitrogens with two attached hydrogens (primary N) is 1. The van der Waals surface area contributed by atoms with Gasteiger partial charge in [0, 0.05) is 11.4 Å². The molecule has 16 heavy (non-hydrogen) atoms. The van der Waals surface area contributed by atoms with Gasteiger partial charge in [-0.3, -0.25) is 0 Å². The molecule has 0 spiro atoms. The first-order valence-corrected chi connectivity index (χ1v) is 6.54. The molecule has 0 bridgehead atoms. The number of guanidine groups is 1. The number of hydrogen-bond acceptors (Lipinski definition) is 3. The number of aliphatic imine (C=N–C) groups is 1. The maximum Gasteiger partial charge on any atom is 0.189 e. The van der Waals surface area contributed by atoms with Gasteiger partial charge in [0.15, 0.2) is 5.96 Å². The highest BCUT2D eigenvalue weighted by molar-refractivity contribution is 7.09. The van der Waals surface area contributed by atoms with Crippen LogP contribution in [0.1, 0.15) is 43.3 Å². The second-order valence-corrected chi connectivity index (χ2v) is 5.38. The molecule has 88 valence electrons. The van der Waals surface area contributed by atoms with E-state index < -0.39 is 0 Å². The van der Waals surface area contributed by atoms with E-state index in [0.717, 1.165) is 10.7 Å². The van der Waals surface area contributed by atoms with Gasteiger partial charge in [-0.1, -0.05) is 13.8 Å². The Hall–Kier alpha value is -1.10. The topological polar surface area (TPSA) is 63.3 Å². The van der Waals surface area contributed by atoms with Crippen molar-refractivity contribution in [2.45, 2.75) is 45.2 Å². The lowest BCUT2D eigenvalue weighted by atomic mass is 10.2. The minimum absolute atomic E-state index is 0.482. The van der Waals surface area contributed by atoms with E-state index in [0.29, 0.717) is 24.5 Å². The minimum Gasteiger partial charge on any atom is -0.370 e. The molecule has 0 atom stereocenters. The Bertz CT molecular complexity index is 379. The lowest BCUT2D eigenvalue weighted by molar-refractivity contribution is 0.819. The molecule has 3 N–H and O–H groups in total. The van der Waals surface area contributed by atoms with E-state index >= 15 is 0 Å². The summed E-state index contributed by atoms with van der Waals surface area (Å²) in [6.07, 6.45) is 2.43. The predicted octanol–water partition coefficient (Wildman–Crippen LogP) is 1.83. The van der Waals surface area contributed by atoms with E-state index in [2.05, 4.69) is 34.5 Å². The lowest BCUT2D eigenvalue weighted by Gasteiger charge is -2.01. The van der Waals surface area contributed by atoms with Gasteiger partial charge in [0.2, 0.25) is 0 Å². The van der Waals surface area contributed by atoms with E-state index in [-0.39, 0.29) is 0 Å². The first-order chi connectivity index (χ1) is 7.65. The minimum atomic E-state index is 0.482. The van der Waals surface area contributed by atoms with Gasteiger partial charge in [-0.05, 0) is 18.8 Å². The zero-order chi connectivity index (χ0) is 11.5. The number of hydrogen-bond donors (Lipinski definition) is 2. The van der Waals surface area contributed by atoms with E-state index in [1.165, 1.54) is 12.8 Å². The van der Waals surface area contributed by atoms with Crippen LogP contribution in [0.15, 0.2) is 10.4 Å². The van der Waals surface area contributed by atoms with Gasteiger partial charge >= 0.3 is 0 Å². The SMILES string of the molecule is CC(C)c1csc(CN=C(N)NC2CC2)n1. The van der Waals surface area contributed by atoms with E-state index in [4.69, 9.17) is 5.73 Å². The maximum atomic E-state index is 5.74. The molecule has 0 aromatic carbocycles. The summed E-state index contributed by atoms with van der Waals surface area (Å²) in [5.41, 5.74) is 6.89. The Labute approximate surface area is 100.0 Å². The van der Waals surface area contributed by atoms with Crippen LogP contribution in [-0.2, 0) is 6.54 Å². The Morgan fingerprint density at radius 2 is 2.44 bits per heavy atom. The molecular weight excluding hydrogens is 220 g/mol. The average molecular weight is 238 g/mol. The number of aromatic nitrogens is 1. The molecule has 0 amide bonds. The molecule has 1 saturated carbocycles. The molecule has 0 saturated heterocycles. The molecule has 2 rings (SSSR count). The largest absolute Gasteiger partial charge is 0.370 e. The summed E-state index contributed by atoms with van der Waals surface area (Å²) < 4.78 is 0. The third-order valence-electron chi connectivity index (χ3n) is 2.48. The molecule has 1 heterocycles. The monoisotopic (exact) mass is 238 g/mol. The third-order valence-corrected chi connectivity index (χ3v) is 3.33. The normalized spacial score (nSPS) is 16.8. The van der Waals surface area contributed by atoms with Crippen molar-refractivity contribution in [3.05, 3.63) is 16.1 Å². The highest BCUT2D eigenvalue weighted by atomic mass is 32.1. The van der Waals surface area contributed by atoms with Gasteiger partial charge in [-0.15, -0.1) is 11.3 Å². The first kappa shape index (κ1) is 11.4. The first-order valence-electron chi connectivity index (χ1n) is 5.66. The summed E-state index contributed by atoms with van der Waals surface area (Å²) in [5.74, 6) is 1.03. The van der Waals surface area contributed by atoms with Gasteiger partial charge in [0.1, 0.15) is 5.01 Å². The number of rotatable bonds is 4. The molecule has 1 fully saturated rings. The Balaban J connectivity index is 1.87. The average Bonchev–Trinajstić information content (AvgIpc) is 2.91. The maximum absolute atomic E-state index is 5.74. The van der Waals surface area contributed by atoms with Crippen molar-refractivity contribution in [1.82, 2.24) is 10.3 Å². The second-order valence-electron chi connectivity index (χ2n) is 4.44. The summed E-state index contributed by atoms with van der Waals surface area (Å²) in [4.78, 5) is 8.78. The summed E-state index contributed by atoms with van der Waals surface area (Å²) in [5, 5.41) is 6.29. The Kier molecular flexibility index (Phi) is 3.43. The third kappa shape index (κ3) is 3.20. The fourth-order valence-corrected chi connectivity index (χ4v) is 2.18. The molecule has 0 radical (unpaired) electrons. The van der Waals surface area contributed by atoms with Gasteiger partial charge in [-0.2, -0.15) is 0 Å². The van der Waals surface area contributed by atoms with Crippen LogP contribution < -0.4 is 11.1 Å². The smallest absolute Gasteiger partial charge is 0.189 e.